The second kappa shape index (κ2) is 4.75. The molecule has 76 valence electrons. The number of carboxylic acid groups (broad SMARTS) is 1. The van der Waals surface area contributed by atoms with Gasteiger partial charge in [0.1, 0.15) is 5.82 Å². The van der Waals surface area contributed by atoms with E-state index in [4.69, 9.17) is 16.7 Å². The summed E-state index contributed by atoms with van der Waals surface area (Å²) in [4.78, 5) is 10.5. The summed E-state index contributed by atoms with van der Waals surface area (Å²) in [5.41, 5.74) is 0.746. The van der Waals surface area contributed by atoms with Crippen molar-refractivity contribution in [3.63, 3.8) is 0 Å². The largest absolute Gasteiger partial charge is 0.481 e. The third kappa shape index (κ3) is 2.45. The maximum Gasteiger partial charge on any atom is 0.307 e. The highest BCUT2D eigenvalue weighted by molar-refractivity contribution is 9.08. The number of hydrogen-bond acceptors (Lipinski definition) is 1. The Morgan fingerprint density at radius 1 is 1.57 bits per heavy atom. The average Bonchev–Trinajstić information content (AvgIpc) is 2.13. The standard InChI is InChI=1S/C9H7BrClFO2/c10-4-5-1-2-7(11)9(12)6(5)3-8(13)14/h1-2H,3-4H2,(H,13,14). The fraction of sp³-hybridized carbons (Fsp3) is 0.222. The lowest BCUT2D eigenvalue weighted by molar-refractivity contribution is -0.136. The Kier molecular flexibility index (Phi) is 3.89. The molecule has 0 aliphatic rings. The lowest BCUT2D eigenvalue weighted by Crippen LogP contribution is -2.06. The lowest BCUT2D eigenvalue weighted by Gasteiger charge is -2.07. The molecule has 1 aromatic rings. The van der Waals surface area contributed by atoms with Gasteiger partial charge in [-0.3, -0.25) is 4.79 Å². The predicted octanol–water partition coefficient (Wildman–Crippen LogP) is 3.00. The van der Waals surface area contributed by atoms with Gasteiger partial charge in [0, 0.05) is 10.9 Å². The zero-order valence-electron chi connectivity index (χ0n) is 7.06. The number of halogens is 3. The van der Waals surface area contributed by atoms with Crippen molar-refractivity contribution in [1.82, 2.24) is 0 Å². The topological polar surface area (TPSA) is 37.3 Å². The first-order chi connectivity index (χ1) is 6.56. The molecular formula is C9H7BrClFO2. The molecule has 0 radical (unpaired) electrons. The molecule has 1 aromatic carbocycles. The van der Waals surface area contributed by atoms with Crippen molar-refractivity contribution in [2.75, 3.05) is 0 Å². The van der Waals surface area contributed by atoms with E-state index in [2.05, 4.69) is 15.9 Å². The summed E-state index contributed by atoms with van der Waals surface area (Å²) in [6.07, 6.45) is -0.354. The number of carboxylic acids is 1. The van der Waals surface area contributed by atoms with Crippen molar-refractivity contribution in [1.29, 1.82) is 0 Å². The van der Waals surface area contributed by atoms with Gasteiger partial charge in [-0.15, -0.1) is 0 Å². The first kappa shape index (κ1) is 11.5. The van der Waals surface area contributed by atoms with E-state index in [-0.39, 0.29) is 17.0 Å². The van der Waals surface area contributed by atoms with Crippen LogP contribution in [0.1, 0.15) is 11.1 Å². The second-order valence-corrected chi connectivity index (χ2v) is 3.67. The average molecular weight is 282 g/mol. The van der Waals surface area contributed by atoms with E-state index in [0.717, 1.165) is 0 Å². The minimum Gasteiger partial charge on any atom is -0.481 e. The molecule has 1 N–H and O–H groups in total. The summed E-state index contributed by atoms with van der Waals surface area (Å²) in [6, 6.07) is 3.03. The van der Waals surface area contributed by atoms with Crippen LogP contribution in [-0.4, -0.2) is 11.1 Å². The highest BCUT2D eigenvalue weighted by atomic mass is 79.9. The van der Waals surface area contributed by atoms with Crippen LogP contribution in [0.4, 0.5) is 4.39 Å². The number of rotatable bonds is 3. The zero-order valence-corrected chi connectivity index (χ0v) is 9.40. The van der Waals surface area contributed by atoms with Crippen molar-refractivity contribution in [2.24, 2.45) is 0 Å². The van der Waals surface area contributed by atoms with Gasteiger partial charge in [0.05, 0.1) is 11.4 Å². The summed E-state index contributed by atoms with van der Waals surface area (Å²) in [7, 11) is 0. The van der Waals surface area contributed by atoms with E-state index >= 15 is 0 Å². The van der Waals surface area contributed by atoms with Crippen LogP contribution < -0.4 is 0 Å². The van der Waals surface area contributed by atoms with E-state index in [1.165, 1.54) is 6.07 Å². The number of aliphatic carboxylic acids is 1. The van der Waals surface area contributed by atoms with E-state index in [1.54, 1.807) is 6.07 Å². The summed E-state index contributed by atoms with van der Waals surface area (Å²) in [5, 5.41) is 8.93. The molecule has 0 bridgehead atoms. The van der Waals surface area contributed by atoms with Crippen LogP contribution in [0.25, 0.3) is 0 Å². The Morgan fingerprint density at radius 2 is 2.21 bits per heavy atom. The molecule has 0 unspecified atom stereocenters. The molecule has 0 fully saturated rings. The molecule has 0 aliphatic carbocycles. The lowest BCUT2D eigenvalue weighted by atomic mass is 10.1. The van der Waals surface area contributed by atoms with Crippen molar-refractivity contribution < 1.29 is 14.3 Å². The molecule has 14 heavy (non-hydrogen) atoms. The number of hydrogen-bond donors (Lipinski definition) is 1. The van der Waals surface area contributed by atoms with Gasteiger partial charge in [-0.1, -0.05) is 33.6 Å². The van der Waals surface area contributed by atoms with Crippen molar-refractivity contribution in [3.05, 3.63) is 34.1 Å². The maximum atomic E-state index is 13.4. The Bertz CT molecular complexity index is 368. The molecule has 0 spiro atoms. The van der Waals surface area contributed by atoms with E-state index < -0.39 is 11.8 Å². The molecule has 5 heteroatoms. The van der Waals surface area contributed by atoms with Gasteiger partial charge in [0.15, 0.2) is 0 Å². The van der Waals surface area contributed by atoms with Crippen LogP contribution >= 0.6 is 27.5 Å². The number of alkyl halides is 1. The highest BCUT2D eigenvalue weighted by Crippen LogP contribution is 2.24. The first-order valence-electron chi connectivity index (χ1n) is 3.79. The predicted molar refractivity (Wildman–Crippen MR) is 55.4 cm³/mol. The van der Waals surface area contributed by atoms with Gasteiger partial charge >= 0.3 is 5.97 Å². The van der Waals surface area contributed by atoms with E-state index in [1.807, 2.05) is 0 Å². The van der Waals surface area contributed by atoms with Crippen LogP contribution in [0.5, 0.6) is 0 Å². The Labute approximate surface area is 93.8 Å². The number of benzene rings is 1. The smallest absolute Gasteiger partial charge is 0.307 e. The van der Waals surface area contributed by atoms with Gasteiger partial charge < -0.3 is 5.11 Å². The summed E-state index contributed by atoms with van der Waals surface area (Å²) >= 11 is 8.70. The van der Waals surface area contributed by atoms with Gasteiger partial charge in [-0.25, -0.2) is 4.39 Å². The van der Waals surface area contributed by atoms with Crippen molar-refractivity contribution >= 4 is 33.5 Å². The van der Waals surface area contributed by atoms with Crippen LogP contribution in [0.2, 0.25) is 5.02 Å². The van der Waals surface area contributed by atoms with Gasteiger partial charge in [-0.05, 0) is 11.6 Å². The first-order valence-corrected chi connectivity index (χ1v) is 5.29. The molecule has 0 aromatic heterocycles. The summed E-state index contributed by atoms with van der Waals surface area (Å²) < 4.78 is 13.4. The zero-order chi connectivity index (χ0) is 10.7. The molecule has 1 rings (SSSR count). The van der Waals surface area contributed by atoms with Crippen molar-refractivity contribution in [3.8, 4) is 0 Å². The fourth-order valence-corrected chi connectivity index (χ4v) is 1.80. The van der Waals surface area contributed by atoms with E-state index in [9.17, 15) is 9.18 Å². The van der Waals surface area contributed by atoms with Gasteiger partial charge in [0.25, 0.3) is 0 Å². The SMILES string of the molecule is O=C(O)Cc1c(CBr)ccc(Cl)c1F. The highest BCUT2D eigenvalue weighted by Gasteiger charge is 2.14. The molecule has 0 saturated carbocycles. The molecule has 0 amide bonds. The normalized spacial score (nSPS) is 10.2. The third-order valence-electron chi connectivity index (χ3n) is 1.77. The van der Waals surface area contributed by atoms with E-state index in [0.29, 0.717) is 10.9 Å². The molecule has 0 atom stereocenters. The minimum absolute atomic E-state index is 0.0500. The summed E-state index contributed by atoms with van der Waals surface area (Å²) in [5.74, 6) is -1.72. The molecule has 0 aliphatic heterocycles. The van der Waals surface area contributed by atoms with Crippen LogP contribution in [0, 0.1) is 5.82 Å². The van der Waals surface area contributed by atoms with Crippen LogP contribution in [-0.2, 0) is 16.5 Å². The monoisotopic (exact) mass is 280 g/mol. The molecular weight excluding hydrogens is 274 g/mol. The minimum atomic E-state index is -1.08. The molecule has 2 nitrogen and oxygen atoms in total. The Hall–Kier alpha value is -0.610. The fourth-order valence-electron chi connectivity index (χ4n) is 1.10. The number of carbonyl (C=O) groups is 1. The Morgan fingerprint density at radius 3 is 2.71 bits per heavy atom. The second-order valence-electron chi connectivity index (χ2n) is 2.70. The Balaban J connectivity index is 3.20. The van der Waals surface area contributed by atoms with Gasteiger partial charge in [0.2, 0.25) is 0 Å². The molecule has 0 heterocycles. The van der Waals surface area contributed by atoms with Crippen LogP contribution in [0.3, 0.4) is 0 Å². The van der Waals surface area contributed by atoms with Crippen LogP contribution in [0.15, 0.2) is 12.1 Å². The molecule has 0 saturated heterocycles. The third-order valence-corrected chi connectivity index (χ3v) is 2.66. The van der Waals surface area contributed by atoms with Gasteiger partial charge in [-0.2, -0.15) is 0 Å². The quantitative estimate of drug-likeness (QED) is 0.865. The van der Waals surface area contributed by atoms with Crippen molar-refractivity contribution in [2.45, 2.75) is 11.8 Å². The maximum absolute atomic E-state index is 13.4. The summed E-state index contributed by atoms with van der Waals surface area (Å²) in [6.45, 7) is 0.